The molecule has 4 nitrogen and oxygen atoms in total. The van der Waals surface area contributed by atoms with Crippen LogP contribution in [0.4, 0.5) is 5.13 Å². The zero-order chi connectivity index (χ0) is 13.8. The molecule has 0 aromatic carbocycles. The molecule has 1 aromatic rings. The van der Waals surface area contributed by atoms with Gasteiger partial charge in [-0.25, -0.2) is 4.98 Å². The third kappa shape index (κ3) is 3.46. The van der Waals surface area contributed by atoms with Crippen LogP contribution in [0, 0.1) is 6.92 Å². The molecule has 1 aliphatic rings. The van der Waals surface area contributed by atoms with E-state index in [2.05, 4.69) is 31.0 Å². The highest BCUT2D eigenvalue weighted by Crippen LogP contribution is 2.32. The van der Waals surface area contributed by atoms with E-state index in [0.29, 0.717) is 12.1 Å². The summed E-state index contributed by atoms with van der Waals surface area (Å²) in [7, 11) is 2.00. The summed E-state index contributed by atoms with van der Waals surface area (Å²) in [5.41, 5.74) is 1.16. The van der Waals surface area contributed by atoms with E-state index >= 15 is 0 Å². The van der Waals surface area contributed by atoms with Crippen molar-refractivity contribution in [3.8, 4) is 0 Å². The minimum Gasteiger partial charge on any atom is -0.378 e. The Balaban J connectivity index is 2.00. The highest BCUT2D eigenvalue weighted by molar-refractivity contribution is 7.15. The average Bonchev–Trinajstić information content (AvgIpc) is 2.81. The molecule has 0 spiro atoms. The van der Waals surface area contributed by atoms with Crippen LogP contribution in [0.15, 0.2) is 0 Å². The molecule has 0 radical (unpaired) electrons. The van der Waals surface area contributed by atoms with Crippen LogP contribution >= 0.6 is 11.3 Å². The van der Waals surface area contributed by atoms with Gasteiger partial charge in [-0.05, 0) is 40.7 Å². The molecule has 1 saturated heterocycles. The predicted molar refractivity (Wildman–Crippen MR) is 81.2 cm³/mol. The van der Waals surface area contributed by atoms with Gasteiger partial charge in [0.15, 0.2) is 5.13 Å². The molecule has 0 saturated carbocycles. The van der Waals surface area contributed by atoms with Crippen LogP contribution in [-0.4, -0.2) is 37.8 Å². The zero-order valence-corrected chi connectivity index (χ0v) is 13.2. The monoisotopic (exact) mass is 283 g/mol. The van der Waals surface area contributed by atoms with E-state index in [1.54, 1.807) is 0 Å². The number of hydrogen-bond acceptors (Lipinski definition) is 5. The number of thiazole rings is 1. The van der Waals surface area contributed by atoms with Crippen LogP contribution in [-0.2, 0) is 4.74 Å². The topological polar surface area (TPSA) is 37.4 Å². The smallest absolute Gasteiger partial charge is 0.185 e. The van der Waals surface area contributed by atoms with Gasteiger partial charge in [0.05, 0.1) is 11.8 Å². The minimum atomic E-state index is 0.382. The van der Waals surface area contributed by atoms with Gasteiger partial charge in [0.25, 0.3) is 0 Å². The minimum absolute atomic E-state index is 0.382. The Morgan fingerprint density at radius 2 is 2.16 bits per heavy atom. The Labute approximate surface area is 120 Å². The molecule has 2 rings (SSSR count). The summed E-state index contributed by atoms with van der Waals surface area (Å²) < 4.78 is 5.70. The number of hydrogen-bond donors (Lipinski definition) is 1. The third-order valence-electron chi connectivity index (χ3n) is 3.76. The van der Waals surface area contributed by atoms with E-state index in [1.165, 1.54) is 10.0 Å². The molecule has 0 aliphatic carbocycles. The van der Waals surface area contributed by atoms with E-state index in [1.807, 2.05) is 18.4 Å². The summed E-state index contributed by atoms with van der Waals surface area (Å²) in [5, 5.41) is 4.46. The molecule has 19 heavy (non-hydrogen) atoms. The van der Waals surface area contributed by atoms with Crippen molar-refractivity contribution in [2.75, 3.05) is 31.6 Å². The van der Waals surface area contributed by atoms with Crippen LogP contribution in [0.2, 0.25) is 0 Å². The van der Waals surface area contributed by atoms with Crippen molar-refractivity contribution in [2.45, 2.75) is 45.8 Å². The second kappa shape index (κ2) is 6.68. The van der Waals surface area contributed by atoms with Crippen molar-refractivity contribution < 1.29 is 4.74 Å². The molecule has 1 fully saturated rings. The SMILES string of the molecule is CCOC1CCN(c2nc(C)c(C(C)NC)s2)CC1. The molecule has 108 valence electrons. The van der Waals surface area contributed by atoms with E-state index in [-0.39, 0.29) is 0 Å². The van der Waals surface area contributed by atoms with Crippen LogP contribution in [0.3, 0.4) is 0 Å². The van der Waals surface area contributed by atoms with E-state index < -0.39 is 0 Å². The number of aromatic nitrogens is 1. The standard InChI is InChI=1S/C14H25N3OS/c1-5-18-12-6-8-17(9-7-12)14-16-11(3)13(19-14)10(2)15-4/h10,12,15H,5-9H2,1-4H3. The molecular formula is C14H25N3OS. The van der Waals surface area contributed by atoms with Gasteiger partial charge in [-0.1, -0.05) is 0 Å². The van der Waals surface area contributed by atoms with Crippen molar-refractivity contribution in [2.24, 2.45) is 0 Å². The van der Waals surface area contributed by atoms with Crippen molar-refractivity contribution in [1.82, 2.24) is 10.3 Å². The number of rotatable bonds is 5. The summed E-state index contributed by atoms with van der Waals surface area (Å²) in [4.78, 5) is 8.49. The molecule has 5 heteroatoms. The maximum Gasteiger partial charge on any atom is 0.185 e. The zero-order valence-electron chi connectivity index (χ0n) is 12.4. The van der Waals surface area contributed by atoms with Crippen LogP contribution in [0.1, 0.15) is 43.3 Å². The lowest BCUT2D eigenvalue weighted by Crippen LogP contribution is -2.37. The first-order chi connectivity index (χ1) is 9.15. The summed E-state index contributed by atoms with van der Waals surface area (Å²) in [6.07, 6.45) is 2.67. The van der Waals surface area contributed by atoms with Gasteiger partial charge in [0.2, 0.25) is 0 Å². The summed E-state index contributed by atoms with van der Waals surface area (Å²) in [6, 6.07) is 0.382. The quantitative estimate of drug-likeness (QED) is 0.901. The maximum atomic E-state index is 5.70. The Hall–Kier alpha value is -0.650. The lowest BCUT2D eigenvalue weighted by molar-refractivity contribution is 0.0459. The number of anilines is 1. The van der Waals surface area contributed by atoms with Crippen LogP contribution < -0.4 is 10.2 Å². The molecule has 2 heterocycles. The van der Waals surface area contributed by atoms with Crippen molar-refractivity contribution in [3.63, 3.8) is 0 Å². The fourth-order valence-corrected chi connectivity index (χ4v) is 3.69. The number of nitrogens with one attached hydrogen (secondary N) is 1. The largest absolute Gasteiger partial charge is 0.378 e. The summed E-state index contributed by atoms with van der Waals surface area (Å²) >= 11 is 1.82. The Kier molecular flexibility index (Phi) is 5.19. The first kappa shape index (κ1) is 14.8. The molecule has 1 N–H and O–H groups in total. The fraction of sp³-hybridized carbons (Fsp3) is 0.786. The van der Waals surface area contributed by atoms with Gasteiger partial charge in [0.1, 0.15) is 0 Å². The molecule has 0 bridgehead atoms. The van der Waals surface area contributed by atoms with Gasteiger partial charge in [-0.2, -0.15) is 0 Å². The maximum absolute atomic E-state index is 5.70. The van der Waals surface area contributed by atoms with Gasteiger partial charge in [0, 0.05) is 30.6 Å². The van der Waals surface area contributed by atoms with Gasteiger partial charge in [-0.15, -0.1) is 11.3 Å². The summed E-state index contributed by atoms with van der Waals surface area (Å²) in [5.74, 6) is 0. The van der Waals surface area contributed by atoms with Crippen molar-refractivity contribution in [3.05, 3.63) is 10.6 Å². The van der Waals surface area contributed by atoms with Crippen LogP contribution in [0.5, 0.6) is 0 Å². The highest BCUT2D eigenvalue weighted by atomic mass is 32.1. The molecule has 1 aliphatic heterocycles. The molecule has 0 amide bonds. The van der Waals surface area contributed by atoms with E-state index in [9.17, 15) is 0 Å². The number of aryl methyl sites for hydroxylation is 1. The third-order valence-corrected chi connectivity index (χ3v) is 5.16. The Morgan fingerprint density at radius 1 is 1.47 bits per heavy atom. The lowest BCUT2D eigenvalue weighted by Gasteiger charge is -2.31. The Morgan fingerprint density at radius 3 is 2.74 bits per heavy atom. The number of nitrogens with zero attached hydrogens (tertiary/aromatic N) is 2. The molecule has 1 aromatic heterocycles. The van der Waals surface area contributed by atoms with Gasteiger partial charge >= 0.3 is 0 Å². The molecule has 1 unspecified atom stereocenters. The molecule has 1 atom stereocenters. The second-order valence-corrected chi connectivity index (χ2v) is 6.11. The first-order valence-corrected chi connectivity index (χ1v) is 7.98. The fourth-order valence-electron chi connectivity index (χ4n) is 2.51. The molecular weight excluding hydrogens is 258 g/mol. The van der Waals surface area contributed by atoms with E-state index in [0.717, 1.165) is 38.2 Å². The highest BCUT2D eigenvalue weighted by Gasteiger charge is 2.23. The lowest BCUT2D eigenvalue weighted by atomic mass is 10.1. The Bertz CT molecular complexity index is 399. The predicted octanol–water partition coefficient (Wildman–Crippen LogP) is 2.74. The summed E-state index contributed by atoms with van der Waals surface area (Å²) in [6.45, 7) is 9.31. The van der Waals surface area contributed by atoms with E-state index in [4.69, 9.17) is 9.72 Å². The van der Waals surface area contributed by atoms with Crippen molar-refractivity contribution in [1.29, 1.82) is 0 Å². The normalized spacial score (nSPS) is 18.8. The van der Waals surface area contributed by atoms with Crippen molar-refractivity contribution >= 4 is 16.5 Å². The second-order valence-electron chi connectivity index (χ2n) is 5.10. The average molecular weight is 283 g/mol. The van der Waals surface area contributed by atoms with Gasteiger partial charge in [-0.3, -0.25) is 0 Å². The first-order valence-electron chi connectivity index (χ1n) is 7.16. The number of ether oxygens (including phenoxy) is 1. The van der Waals surface area contributed by atoms with Gasteiger partial charge < -0.3 is 15.0 Å². The number of piperidine rings is 1. The van der Waals surface area contributed by atoms with Crippen LogP contribution in [0.25, 0.3) is 0 Å².